The third-order valence-corrected chi connectivity index (χ3v) is 7.11. The SMILES string of the molecule is COc1ncccc1-c1ccc(O)c(-c2nc3cc(C(=O)Nc4ccc(N5CCN(C)CC5)nc4)ccc3[nH]2)c1. The summed E-state index contributed by atoms with van der Waals surface area (Å²) >= 11 is 0. The lowest BCUT2D eigenvalue weighted by molar-refractivity contribution is 0.102. The number of hydrogen-bond acceptors (Lipinski definition) is 8. The Morgan fingerprint density at radius 3 is 2.62 bits per heavy atom. The number of fused-ring (bicyclic) bond motifs is 1. The summed E-state index contributed by atoms with van der Waals surface area (Å²) < 4.78 is 5.40. The van der Waals surface area contributed by atoms with E-state index in [0.717, 1.165) is 48.6 Å². The van der Waals surface area contributed by atoms with Gasteiger partial charge in [-0.15, -0.1) is 0 Å². The van der Waals surface area contributed by atoms with Crippen LogP contribution >= 0.6 is 0 Å². The summed E-state index contributed by atoms with van der Waals surface area (Å²) in [7, 11) is 3.69. The number of ether oxygens (including phenoxy) is 1. The maximum absolute atomic E-state index is 13.0. The molecule has 1 amide bonds. The number of carbonyl (C=O) groups excluding carboxylic acids is 1. The summed E-state index contributed by atoms with van der Waals surface area (Å²) in [6.45, 7) is 3.87. The topological polar surface area (TPSA) is 120 Å². The molecule has 3 aromatic heterocycles. The number of phenolic OH excluding ortho intramolecular Hbond substituents is 1. The van der Waals surface area contributed by atoms with Crippen LogP contribution in [0.3, 0.4) is 0 Å². The highest BCUT2D eigenvalue weighted by Gasteiger charge is 2.17. The summed E-state index contributed by atoms with van der Waals surface area (Å²) in [6.07, 6.45) is 3.35. The van der Waals surface area contributed by atoms with Crippen LogP contribution in [-0.2, 0) is 0 Å². The van der Waals surface area contributed by atoms with Crippen LogP contribution in [0.5, 0.6) is 11.6 Å². The number of methoxy groups -OCH3 is 1. The number of nitrogens with zero attached hydrogens (tertiary/aromatic N) is 5. The molecule has 10 heteroatoms. The minimum atomic E-state index is -0.255. The molecule has 6 rings (SSSR count). The number of aromatic hydroxyl groups is 1. The fourth-order valence-corrected chi connectivity index (χ4v) is 4.83. The fourth-order valence-electron chi connectivity index (χ4n) is 4.83. The van der Waals surface area contributed by atoms with Crippen molar-refractivity contribution in [2.45, 2.75) is 0 Å². The Balaban J connectivity index is 1.21. The third kappa shape index (κ3) is 5.04. The van der Waals surface area contributed by atoms with Gasteiger partial charge in [-0.2, -0.15) is 0 Å². The zero-order valence-electron chi connectivity index (χ0n) is 22.3. The number of piperazine rings is 1. The van der Waals surface area contributed by atoms with Crippen molar-refractivity contribution < 1.29 is 14.6 Å². The van der Waals surface area contributed by atoms with Crippen LogP contribution in [0.4, 0.5) is 11.5 Å². The van der Waals surface area contributed by atoms with Crippen molar-refractivity contribution in [3.8, 4) is 34.1 Å². The Bertz CT molecular complexity index is 1680. The number of phenols is 1. The van der Waals surface area contributed by atoms with Crippen molar-refractivity contribution in [3.05, 3.63) is 78.6 Å². The molecule has 1 saturated heterocycles. The van der Waals surface area contributed by atoms with E-state index in [0.29, 0.717) is 34.0 Å². The number of amides is 1. The molecule has 0 spiro atoms. The average Bonchev–Trinajstić information content (AvgIpc) is 3.41. The fraction of sp³-hybridized carbons (Fsp3) is 0.200. The van der Waals surface area contributed by atoms with E-state index in [4.69, 9.17) is 4.74 Å². The van der Waals surface area contributed by atoms with Gasteiger partial charge in [-0.1, -0.05) is 6.07 Å². The van der Waals surface area contributed by atoms with Crippen molar-refractivity contribution in [2.24, 2.45) is 0 Å². The number of aromatic nitrogens is 4. The number of pyridine rings is 2. The molecular weight excluding hydrogens is 506 g/mol. The predicted molar refractivity (Wildman–Crippen MR) is 155 cm³/mol. The first-order valence-corrected chi connectivity index (χ1v) is 13.0. The second-order valence-electron chi connectivity index (χ2n) is 9.76. The lowest BCUT2D eigenvalue weighted by atomic mass is 10.0. The Hall–Kier alpha value is -4.96. The van der Waals surface area contributed by atoms with Crippen LogP contribution in [0.2, 0.25) is 0 Å². The summed E-state index contributed by atoms with van der Waals surface area (Å²) in [5.74, 6) is 1.71. The van der Waals surface area contributed by atoms with Gasteiger partial charge in [0.15, 0.2) is 0 Å². The molecule has 5 aromatic rings. The van der Waals surface area contributed by atoms with Crippen LogP contribution in [0.1, 0.15) is 10.4 Å². The standard InChI is InChI=1S/C30H29N7O3/c1-36-12-14-37(15-13-36)27-10-7-21(18-32-27)33-29(39)20-5-8-24-25(17-20)35-28(34-24)23-16-19(6-9-26(23)38)22-4-3-11-31-30(22)40-2/h3-11,16-18,38H,12-15H2,1-2H3,(H,33,39)(H,34,35). The Morgan fingerprint density at radius 1 is 1.00 bits per heavy atom. The number of rotatable bonds is 6. The van der Waals surface area contributed by atoms with E-state index in [-0.39, 0.29) is 11.7 Å². The molecule has 2 aromatic carbocycles. The van der Waals surface area contributed by atoms with Crippen LogP contribution < -0.4 is 15.0 Å². The third-order valence-electron chi connectivity index (χ3n) is 7.11. The first-order chi connectivity index (χ1) is 19.5. The van der Waals surface area contributed by atoms with Crippen LogP contribution in [-0.4, -0.2) is 76.2 Å². The zero-order valence-corrected chi connectivity index (χ0v) is 22.3. The molecule has 1 fully saturated rings. The molecule has 0 aliphatic carbocycles. The zero-order chi connectivity index (χ0) is 27.6. The van der Waals surface area contributed by atoms with E-state index < -0.39 is 0 Å². The van der Waals surface area contributed by atoms with Gasteiger partial charge >= 0.3 is 0 Å². The van der Waals surface area contributed by atoms with Gasteiger partial charge in [0.05, 0.1) is 35.6 Å². The lowest BCUT2D eigenvalue weighted by Crippen LogP contribution is -2.44. The predicted octanol–water partition coefficient (Wildman–Crippen LogP) is 4.41. The quantitative estimate of drug-likeness (QED) is 0.293. The van der Waals surface area contributed by atoms with E-state index in [1.165, 1.54) is 0 Å². The van der Waals surface area contributed by atoms with Crippen molar-refractivity contribution in [3.63, 3.8) is 0 Å². The van der Waals surface area contributed by atoms with Crippen molar-refractivity contribution in [1.29, 1.82) is 0 Å². The number of imidazole rings is 1. The number of anilines is 2. The summed E-state index contributed by atoms with van der Waals surface area (Å²) in [5.41, 5.74) is 4.59. The number of benzene rings is 2. The van der Waals surface area contributed by atoms with E-state index in [1.807, 2.05) is 30.3 Å². The van der Waals surface area contributed by atoms with Crippen LogP contribution in [0.25, 0.3) is 33.5 Å². The maximum Gasteiger partial charge on any atom is 0.255 e. The lowest BCUT2D eigenvalue weighted by Gasteiger charge is -2.33. The van der Waals surface area contributed by atoms with Crippen LogP contribution in [0, 0.1) is 0 Å². The molecule has 1 aliphatic rings. The van der Waals surface area contributed by atoms with Crippen LogP contribution in [0.15, 0.2) is 73.1 Å². The van der Waals surface area contributed by atoms with Gasteiger partial charge < -0.3 is 29.9 Å². The highest BCUT2D eigenvalue weighted by Crippen LogP contribution is 2.35. The van der Waals surface area contributed by atoms with Gasteiger partial charge in [-0.05, 0) is 67.2 Å². The molecule has 1 aliphatic heterocycles. The van der Waals surface area contributed by atoms with Gasteiger partial charge in [0.2, 0.25) is 5.88 Å². The Kier molecular flexibility index (Phi) is 6.75. The number of carbonyl (C=O) groups is 1. The molecule has 0 radical (unpaired) electrons. The van der Waals surface area contributed by atoms with Crippen molar-refractivity contribution >= 4 is 28.4 Å². The molecule has 0 unspecified atom stereocenters. The molecule has 10 nitrogen and oxygen atoms in total. The Morgan fingerprint density at radius 2 is 1.85 bits per heavy atom. The normalized spacial score (nSPS) is 13.9. The summed E-state index contributed by atoms with van der Waals surface area (Å²) in [4.78, 5) is 34.3. The minimum Gasteiger partial charge on any atom is -0.507 e. The second kappa shape index (κ2) is 10.7. The monoisotopic (exact) mass is 535 g/mol. The Labute approximate surface area is 231 Å². The smallest absolute Gasteiger partial charge is 0.255 e. The van der Waals surface area contributed by atoms with E-state index in [9.17, 15) is 9.90 Å². The molecular formula is C30H29N7O3. The van der Waals surface area contributed by atoms with E-state index in [1.54, 1.807) is 49.8 Å². The second-order valence-corrected chi connectivity index (χ2v) is 9.76. The summed E-state index contributed by atoms with van der Waals surface area (Å²) in [6, 6.07) is 18.1. The van der Waals surface area contributed by atoms with Crippen molar-refractivity contribution in [1.82, 2.24) is 24.8 Å². The van der Waals surface area contributed by atoms with Gasteiger partial charge in [-0.25, -0.2) is 15.0 Å². The maximum atomic E-state index is 13.0. The van der Waals surface area contributed by atoms with Gasteiger partial charge in [0.25, 0.3) is 5.91 Å². The van der Waals surface area contributed by atoms with E-state index in [2.05, 4.69) is 42.1 Å². The van der Waals surface area contributed by atoms with E-state index >= 15 is 0 Å². The number of aromatic amines is 1. The van der Waals surface area contributed by atoms with Gasteiger partial charge in [-0.3, -0.25) is 4.79 Å². The molecule has 40 heavy (non-hydrogen) atoms. The first-order valence-electron chi connectivity index (χ1n) is 13.0. The molecule has 202 valence electrons. The highest BCUT2D eigenvalue weighted by molar-refractivity contribution is 6.06. The number of likely N-dealkylation sites (N-methyl/N-ethyl adjacent to an activating group) is 1. The number of H-pyrrole nitrogens is 1. The largest absolute Gasteiger partial charge is 0.507 e. The van der Waals surface area contributed by atoms with Gasteiger partial charge in [0.1, 0.15) is 17.4 Å². The average molecular weight is 536 g/mol. The number of hydrogen-bond donors (Lipinski definition) is 3. The first kappa shape index (κ1) is 25.3. The molecule has 4 heterocycles. The molecule has 3 N–H and O–H groups in total. The van der Waals surface area contributed by atoms with Crippen molar-refractivity contribution in [2.75, 3.05) is 50.6 Å². The summed E-state index contributed by atoms with van der Waals surface area (Å²) in [5, 5.41) is 13.5. The molecule has 0 atom stereocenters. The highest BCUT2D eigenvalue weighted by atomic mass is 16.5. The molecule has 0 saturated carbocycles. The minimum absolute atomic E-state index is 0.0798. The van der Waals surface area contributed by atoms with Gasteiger partial charge in [0, 0.05) is 43.5 Å². The number of nitrogens with one attached hydrogen (secondary N) is 2. The molecule has 0 bridgehead atoms.